The van der Waals surface area contributed by atoms with Gasteiger partial charge < -0.3 is 10.2 Å². The average Bonchev–Trinajstić information content (AvgIpc) is 2.98. The standard InChI is InChI=1S/C24H38O3/c1-14(26)17-6-7-18-16-5-4-15-12-24(27)20(9-11-25)21(24)13-23(15,3)19(16)8-10-22(17,18)2/h15-21,25,27H,4-13H2,1-3H3/t15-,16+,17-,18+,19+,20?,21?,22-,23+,24+/m1/s1. The van der Waals surface area contributed by atoms with Crippen LogP contribution < -0.4 is 0 Å². The fourth-order valence-corrected chi connectivity index (χ4v) is 9.52. The first kappa shape index (κ1) is 18.6. The molecule has 152 valence electrons. The number of ketones is 1. The maximum absolute atomic E-state index is 12.3. The topological polar surface area (TPSA) is 57.5 Å². The lowest BCUT2D eigenvalue weighted by molar-refractivity contribution is -0.139. The van der Waals surface area contributed by atoms with E-state index in [4.69, 9.17) is 0 Å². The van der Waals surface area contributed by atoms with Crippen LogP contribution in [0.15, 0.2) is 0 Å². The second-order valence-corrected chi connectivity index (χ2v) is 11.6. The summed E-state index contributed by atoms with van der Waals surface area (Å²) in [6.45, 7) is 7.00. The van der Waals surface area contributed by atoms with E-state index in [0.717, 1.165) is 37.0 Å². The largest absolute Gasteiger partial charge is 0.396 e. The van der Waals surface area contributed by atoms with Crippen LogP contribution in [0.2, 0.25) is 0 Å². The average molecular weight is 375 g/mol. The molecule has 5 aliphatic rings. The predicted molar refractivity (Wildman–Crippen MR) is 105 cm³/mol. The predicted octanol–water partition coefficient (Wildman–Crippen LogP) is 4.20. The second-order valence-electron chi connectivity index (χ2n) is 11.6. The van der Waals surface area contributed by atoms with Crippen molar-refractivity contribution in [3.05, 3.63) is 0 Å². The number of aliphatic hydroxyl groups is 2. The van der Waals surface area contributed by atoms with Crippen molar-refractivity contribution < 1.29 is 15.0 Å². The molecule has 5 saturated carbocycles. The highest BCUT2D eigenvalue weighted by molar-refractivity contribution is 5.79. The van der Waals surface area contributed by atoms with Crippen LogP contribution in [-0.4, -0.2) is 28.2 Å². The molecule has 3 heteroatoms. The van der Waals surface area contributed by atoms with Crippen molar-refractivity contribution in [1.29, 1.82) is 0 Å². The molecule has 5 rings (SSSR count). The molecule has 0 bridgehead atoms. The van der Waals surface area contributed by atoms with E-state index in [1.54, 1.807) is 0 Å². The Morgan fingerprint density at radius 2 is 1.70 bits per heavy atom. The van der Waals surface area contributed by atoms with Gasteiger partial charge in [-0.2, -0.15) is 0 Å². The zero-order valence-electron chi connectivity index (χ0n) is 17.4. The van der Waals surface area contributed by atoms with Gasteiger partial charge in [0.05, 0.1) is 5.60 Å². The summed E-state index contributed by atoms with van der Waals surface area (Å²) in [5.74, 6) is 4.43. The van der Waals surface area contributed by atoms with Crippen molar-refractivity contribution in [2.75, 3.05) is 6.61 Å². The number of carbonyl (C=O) groups is 1. The molecule has 0 saturated heterocycles. The van der Waals surface area contributed by atoms with Crippen LogP contribution in [0, 0.1) is 52.3 Å². The molecular weight excluding hydrogens is 336 g/mol. The van der Waals surface area contributed by atoms with Crippen LogP contribution in [0.25, 0.3) is 0 Å². The molecule has 0 aromatic heterocycles. The summed E-state index contributed by atoms with van der Waals surface area (Å²) in [6, 6.07) is 0. The van der Waals surface area contributed by atoms with Crippen LogP contribution in [0.3, 0.4) is 0 Å². The monoisotopic (exact) mass is 374 g/mol. The molecule has 0 aliphatic heterocycles. The molecule has 10 atom stereocenters. The lowest BCUT2D eigenvalue weighted by atomic mass is 9.44. The lowest BCUT2D eigenvalue weighted by Gasteiger charge is -2.60. The quantitative estimate of drug-likeness (QED) is 0.778. The summed E-state index contributed by atoms with van der Waals surface area (Å²) in [5, 5.41) is 20.5. The summed E-state index contributed by atoms with van der Waals surface area (Å²) < 4.78 is 0. The summed E-state index contributed by atoms with van der Waals surface area (Å²) >= 11 is 0. The molecule has 27 heavy (non-hydrogen) atoms. The maximum atomic E-state index is 12.3. The molecule has 0 heterocycles. The van der Waals surface area contributed by atoms with E-state index in [1.165, 1.54) is 38.5 Å². The van der Waals surface area contributed by atoms with Gasteiger partial charge >= 0.3 is 0 Å². The van der Waals surface area contributed by atoms with Gasteiger partial charge in [-0.3, -0.25) is 4.79 Å². The van der Waals surface area contributed by atoms with Crippen LogP contribution in [-0.2, 0) is 4.79 Å². The van der Waals surface area contributed by atoms with E-state index in [1.807, 2.05) is 6.92 Å². The number of hydrogen-bond acceptors (Lipinski definition) is 3. The summed E-state index contributed by atoms with van der Waals surface area (Å²) in [5.41, 5.74) is 0.139. The fourth-order valence-electron chi connectivity index (χ4n) is 9.52. The van der Waals surface area contributed by atoms with Crippen LogP contribution in [0.4, 0.5) is 0 Å². The molecule has 0 aromatic carbocycles. The van der Waals surface area contributed by atoms with Gasteiger partial charge in [0.2, 0.25) is 0 Å². The highest BCUT2D eigenvalue weighted by Crippen LogP contribution is 2.73. The van der Waals surface area contributed by atoms with E-state index in [9.17, 15) is 15.0 Å². The van der Waals surface area contributed by atoms with Crippen molar-refractivity contribution >= 4 is 5.78 Å². The summed E-state index contributed by atoms with van der Waals surface area (Å²) in [4.78, 5) is 12.3. The molecule has 5 fully saturated rings. The number of Topliss-reactive ketones (excluding diaryl/α,β-unsaturated/α-hetero) is 1. The third-order valence-corrected chi connectivity index (χ3v) is 10.9. The van der Waals surface area contributed by atoms with Crippen molar-refractivity contribution in [2.24, 2.45) is 52.3 Å². The maximum Gasteiger partial charge on any atom is 0.133 e. The van der Waals surface area contributed by atoms with Crippen LogP contribution in [0.5, 0.6) is 0 Å². The fraction of sp³-hybridized carbons (Fsp3) is 0.958. The molecule has 2 unspecified atom stereocenters. The van der Waals surface area contributed by atoms with Crippen molar-refractivity contribution in [3.63, 3.8) is 0 Å². The second kappa shape index (κ2) is 5.81. The van der Waals surface area contributed by atoms with E-state index in [0.29, 0.717) is 34.9 Å². The first-order chi connectivity index (χ1) is 12.8. The highest BCUT2D eigenvalue weighted by atomic mass is 16.3. The minimum absolute atomic E-state index is 0.212. The lowest BCUT2D eigenvalue weighted by Crippen LogP contribution is -2.54. The smallest absolute Gasteiger partial charge is 0.133 e. The zero-order chi connectivity index (χ0) is 19.2. The van der Waals surface area contributed by atoms with Gasteiger partial charge in [0, 0.05) is 12.5 Å². The van der Waals surface area contributed by atoms with E-state index in [2.05, 4.69) is 13.8 Å². The Labute approximate surface area is 164 Å². The van der Waals surface area contributed by atoms with Crippen LogP contribution in [0.1, 0.15) is 78.6 Å². The molecule has 0 radical (unpaired) electrons. The molecule has 0 spiro atoms. The Balaban J connectivity index is 1.41. The van der Waals surface area contributed by atoms with E-state index in [-0.39, 0.29) is 12.0 Å². The molecule has 2 N–H and O–H groups in total. The third-order valence-electron chi connectivity index (χ3n) is 10.9. The van der Waals surface area contributed by atoms with Gasteiger partial charge in [-0.1, -0.05) is 13.8 Å². The number of hydrogen-bond donors (Lipinski definition) is 2. The zero-order valence-corrected chi connectivity index (χ0v) is 17.4. The third kappa shape index (κ3) is 2.31. The normalized spacial score (nSPS) is 58.6. The molecular formula is C24H38O3. The first-order valence-corrected chi connectivity index (χ1v) is 11.6. The Bertz CT molecular complexity index is 646. The number of fused-ring (bicyclic) bond motifs is 6. The van der Waals surface area contributed by atoms with E-state index < -0.39 is 5.60 Å². The SMILES string of the molecule is CC(=O)[C@H]1CC[C@H]2[C@@H]3CC[C@@H]4C[C@]5(O)C(CCO)C5C[C@]4(C)[C@H]3CC[C@]12C. The molecule has 3 nitrogen and oxygen atoms in total. The summed E-state index contributed by atoms with van der Waals surface area (Å²) in [7, 11) is 0. The van der Waals surface area contributed by atoms with E-state index >= 15 is 0 Å². The highest BCUT2D eigenvalue weighted by Gasteiger charge is 2.71. The number of aliphatic hydroxyl groups excluding tert-OH is 1. The Morgan fingerprint density at radius 1 is 0.963 bits per heavy atom. The minimum atomic E-state index is -0.462. The Hall–Kier alpha value is -0.410. The molecule has 0 amide bonds. The Morgan fingerprint density at radius 3 is 2.41 bits per heavy atom. The minimum Gasteiger partial charge on any atom is -0.396 e. The van der Waals surface area contributed by atoms with Crippen molar-refractivity contribution in [1.82, 2.24) is 0 Å². The summed E-state index contributed by atoms with van der Waals surface area (Å²) in [6.07, 6.45) is 10.4. The molecule has 5 aliphatic carbocycles. The molecule has 0 aromatic rings. The number of rotatable bonds is 3. The van der Waals surface area contributed by atoms with Gasteiger partial charge in [0.1, 0.15) is 5.78 Å². The number of carbonyl (C=O) groups excluding carboxylic acids is 1. The van der Waals surface area contributed by atoms with Gasteiger partial charge in [0.15, 0.2) is 0 Å². The van der Waals surface area contributed by atoms with Gasteiger partial charge in [-0.25, -0.2) is 0 Å². The van der Waals surface area contributed by atoms with Gasteiger partial charge in [-0.15, -0.1) is 0 Å². The van der Waals surface area contributed by atoms with Gasteiger partial charge in [0.25, 0.3) is 0 Å². The van der Waals surface area contributed by atoms with Gasteiger partial charge in [-0.05, 0) is 111 Å². The first-order valence-electron chi connectivity index (χ1n) is 11.6. The van der Waals surface area contributed by atoms with Crippen molar-refractivity contribution in [3.8, 4) is 0 Å². The van der Waals surface area contributed by atoms with Crippen molar-refractivity contribution in [2.45, 2.75) is 84.2 Å². The Kier molecular flexibility index (Phi) is 4.01. The van der Waals surface area contributed by atoms with Crippen LogP contribution >= 0.6 is 0 Å².